The van der Waals surface area contributed by atoms with Crippen molar-refractivity contribution in [2.45, 2.75) is 64.6 Å². The standard InChI is InChI=1S/C20H34N6OSi/c1-5-14-10-15(21)11-16(14)19(23)26-17-6-7-25(20(17)24-12-18(26)22)13-27-8-9-28(2,3)4/h6-7,12,14-16,22-23H,5,8-11,13,21H2,1-4H3. The highest BCUT2D eigenvalue weighted by atomic mass is 28.3. The average Bonchev–Trinajstić information content (AvgIpc) is 3.20. The molecule has 154 valence electrons. The van der Waals surface area contributed by atoms with Gasteiger partial charge in [0.1, 0.15) is 18.1 Å². The van der Waals surface area contributed by atoms with E-state index in [1.165, 1.54) is 6.20 Å². The second-order valence-corrected chi connectivity index (χ2v) is 14.8. The van der Waals surface area contributed by atoms with Gasteiger partial charge in [-0.3, -0.25) is 15.4 Å². The Kier molecular flexibility index (Phi) is 6.21. The van der Waals surface area contributed by atoms with E-state index >= 15 is 0 Å². The fourth-order valence-corrected chi connectivity index (χ4v) is 4.86. The molecular weight excluding hydrogens is 368 g/mol. The van der Waals surface area contributed by atoms with Gasteiger partial charge >= 0.3 is 0 Å². The van der Waals surface area contributed by atoms with Crippen LogP contribution in [0.3, 0.4) is 0 Å². The van der Waals surface area contributed by atoms with Crippen LogP contribution >= 0.6 is 0 Å². The predicted octanol–water partition coefficient (Wildman–Crippen LogP) is 3.22. The molecule has 2 aromatic heterocycles. The van der Waals surface area contributed by atoms with Crippen LogP contribution in [0.4, 0.5) is 0 Å². The van der Waals surface area contributed by atoms with Gasteiger partial charge in [0.25, 0.3) is 0 Å². The third kappa shape index (κ3) is 4.44. The molecule has 7 nitrogen and oxygen atoms in total. The minimum absolute atomic E-state index is 0.0936. The third-order valence-electron chi connectivity index (χ3n) is 5.78. The van der Waals surface area contributed by atoms with E-state index in [4.69, 9.17) is 21.3 Å². The van der Waals surface area contributed by atoms with Gasteiger partial charge < -0.3 is 15.0 Å². The largest absolute Gasteiger partial charge is 0.361 e. The average molecular weight is 403 g/mol. The summed E-state index contributed by atoms with van der Waals surface area (Å²) in [5.41, 5.74) is 7.97. The van der Waals surface area contributed by atoms with Crippen LogP contribution in [-0.4, -0.2) is 40.7 Å². The van der Waals surface area contributed by atoms with Crippen molar-refractivity contribution in [2.75, 3.05) is 6.61 Å². The Hall–Kier alpha value is -1.77. The Morgan fingerprint density at radius 3 is 2.79 bits per heavy atom. The van der Waals surface area contributed by atoms with Gasteiger partial charge in [-0.2, -0.15) is 0 Å². The molecule has 2 aromatic rings. The highest BCUT2D eigenvalue weighted by molar-refractivity contribution is 6.76. The molecule has 28 heavy (non-hydrogen) atoms. The smallest absolute Gasteiger partial charge is 0.159 e. The molecule has 2 heterocycles. The van der Waals surface area contributed by atoms with E-state index in [1.807, 2.05) is 16.8 Å². The van der Waals surface area contributed by atoms with Crippen LogP contribution in [-0.2, 0) is 11.5 Å². The molecule has 0 radical (unpaired) electrons. The summed E-state index contributed by atoms with van der Waals surface area (Å²) in [5, 5.41) is 17.2. The number of hydrogen-bond donors (Lipinski definition) is 3. The Labute approximate surface area is 167 Å². The van der Waals surface area contributed by atoms with Crippen molar-refractivity contribution < 1.29 is 4.74 Å². The molecule has 1 aliphatic carbocycles. The number of rotatable bonds is 7. The van der Waals surface area contributed by atoms with Crippen LogP contribution in [0.5, 0.6) is 0 Å². The minimum atomic E-state index is -1.11. The van der Waals surface area contributed by atoms with Crippen molar-refractivity contribution in [1.82, 2.24) is 14.1 Å². The number of ether oxygens (including phenoxy) is 1. The van der Waals surface area contributed by atoms with Gasteiger partial charge in [0.2, 0.25) is 0 Å². The number of fused-ring (bicyclic) bond motifs is 1. The molecule has 3 rings (SSSR count). The van der Waals surface area contributed by atoms with Gasteiger partial charge in [-0.25, -0.2) is 4.98 Å². The van der Waals surface area contributed by atoms with Crippen LogP contribution in [0.2, 0.25) is 25.7 Å². The molecule has 4 N–H and O–H groups in total. The summed E-state index contributed by atoms with van der Waals surface area (Å²) in [7, 11) is -1.11. The molecule has 1 aliphatic rings. The summed E-state index contributed by atoms with van der Waals surface area (Å²) in [4.78, 5) is 4.45. The van der Waals surface area contributed by atoms with Crippen LogP contribution in [0.25, 0.3) is 11.2 Å². The van der Waals surface area contributed by atoms with Gasteiger partial charge in [0, 0.05) is 32.8 Å². The van der Waals surface area contributed by atoms with Crippen molar-refractivity contribution in [3.63, 3.8) is 0 Å². The quantitative estimate of drug-likeness (QED) is 0.286. The Morgan fingerprint density at radius 2 is 2.11 bits per heavy atom. The first-order valence-corrected chi connectivity index (χ1v) is 14.0. The maximum atomic E-state index is 8.84. The van der Waals surface area contributed by atoms with Gasteiger partial charge in [0.15, 0.2) is 5.65 Å². The van der Waals surface area contributed by atoms with E-state index in [0.29, 0.717) is 18.5 Å². The second kappa shape index (κ2) is 8.30. The highest BCUT2D eigenvalue weighted by Gasteiger charge is 2.35. The Balaban J connectivity index is 1.84. The normalized spacial score (nSPS) is 22.8. The van der Waals surface area contributed by atoms with Gasteiger partial charge in [-0.1, -0.05) is 33.0 Å². The minimum Gasteiger partial charge on any atom is -0.361 e. The van der Waals surface area contributed by atoms with E-state index < -0.39 is 8.07 Å². The van der Waals surface area contributed by atoms with E-state index in [-0.39, 0.29) is 17.4 Å². The molecular formula is C20H34N6OSi. The summed E-state index contributed by atoms with van der Waals surface area (Å²) in [5.74, 6) is 0.968. The number of nitrogens with two attached hydrogens (primary N) is 1. The van der Waals surface area contributed by atoms with E-state index in [0.717, 1.165) is 43.1 Å². The zero-order chi connectivity index (χ0) is 20.5. The molecule has 1 fully saturated rings. The molecule has 0 aromatic carbocycles. The summed E-state index contributed by atoms with van der Waals surface area (Å²) in [6, 6.07) is 3.21. The lowest BCUT2D eigenvalue weighted by Gasteiger charge is -2.21. The van der Waals surface area contributed by atoms with E-state index in [9.17, 15) is 0 Å². The lowest BCUT2D eigenvalue weighted by atomic mass is 9.92. The maximum Gasteiger partial charge on any atom is 0.159 e. The summed E-state index contributed by atoms with van der Waals surface area (Å²) in [6.07, 6.45) is 6.25. The van der Waals surface area contributed by atoms with Crippen LogP contribution in [0, 0.1) is 22.7 Å². The Morgan fingerprint density at radius 1 is 1.36 bits per heavy atom. The first kappa shape index (κ1) is 20.9. The van der Waals surface area contributed by atoms with Crippen molar-refractivity contribution in [3.8, 4) is 0 Å². The van der Waals surface area contributed by atoms with E-state index in [1.54, 1.807) is 4.57 Å². The molecule has 3 unspecified atom stereocenters. The van der Waals surface area contributed by atoms with Gasteiger partial charge in [0.05, 0.1) is 11.7 Å². The van der Waals surface area contributed by atoms with E-state index in [2.05, 4.69) is 31.5 Å². The first-order valence-electron chi connectivity index (χ1n) is 10.2. The monoisotopic (exact) mass is 402 g/mol. The fraction of sp³-hybridized carbons (Fsp3) is 0.650. The molecule has 8 heteroatoms. The molecule has 1 saturated carbocycles. The zero-order valence-electron chi connectivity index (χ0n) is 17.5. The van der Waals surface area contributed by atoms with Crippen LogP contribution < -0.4 is 11.2 Å². The van der Waals surface area contributed by atoms with Crippen LogP contribution in [0.15, 0.2) is 18.5 Å². The number of nitrogens with zero attached hydrogens (tertiary/aromatic N) is 3. The number of hydrogen-bond acceptors (Lipinski definition) is 5. The van der Waals surface area contributed by atoms with Crippen LogP contribution in [0.1, 0.15) is 26.2 Å². The molecule has 0 bridgehead atoms. The number of aromatic nitrogens is 3. The lowest BCUT2D eigenvalue weighted by molar-refractivity contribution is 0.0898. The Bertz CT molecular complexity index is 896. The molecule has 3 atom stereocenters. The van der Waals surface area contributed by atoms with Gasteiger partial charge in [-0.05, 0) is 30.9 Å². The first-order chi connectivity index (χ1) is 13.2. The summed E-state index contributed by atoms with van der Waals surface area (Å²) >= 11 is 0. The van der Waals surface area contributed by atoms with Crippen molar-refractivity contribution in [1.29, 1.82) is 10.8 Å². The van der Waals surface area contributed by atoms with Crippen molar-refractivity contribution >= 4 is 25.1 Å². The lowest BCUT2D eigenvalue weighted by Crippen LogP contribution is -2.34. The zero-order valence-corrected chi connectivity index (χ0v) is 18.5. The molecule has 0 saturated heterocycles. The second-order valence-electron chi connectivity index (χ2n) is 9.21. The van der Waals surface area contributed by atoms with Crippen molar-refractivity contribution in [3.05, 3.63) is 23.9 Å². The van der Waals surface area contributed by atoms with Gasteiger partial charge in [-0.15, -0.1) is 0 Å². The molecule has 0 spiro atoms. The fourth-order valence-electron chi connectivity index (χ4n) is 4.10. The highest BCUT2D eigenvalue weighted by Crippen LogP contribution is 2.34. The molecule has 0 amide bonds. The SMILES string of the molecule is CCC1CC(N)CC1C(=N)n1c(=N)cnc2c1ccn2COCC[Si](C)(C)C. The summed E-state index contributed by atoms with van der Waals surface area (Å²) < 4.78 is 9.56. The summed E-state index contributed by atoms with van der Waals surface area (Å²) in [6.45, 7) is 10.4. The third-order valence-corrected chi connectivity index (χ3v) is 7.48. The topological polar surface area (TPSA) is 106 Å². The predicted molar refractivity (Wildman–Crippen MR) is 115 cm³/mol. The molecule has 0 aliphatic heterocycles. The maximum absolute atomic E-state index is 8.84. The van der Waals surface area contributed by atoms with Crippen molar-refractivity contribution in [2.24, 2.45) is 17.6 Å². The number of nitrogens with one attached hydrogen (secondary N) is 2.